The van der Waals surface area contributed by atoms with Crippen molar-refractivity contribution in [2.24, 2.45) is 0 Å². The van der Waals surface area contributed by atoms with Crippen LogP contribution in [-0.2, 0) is 15.5 Å². The molecule has 1 unspecified atom stereocenters. The molecule has 1 aliphatic rings. The van der Waals surface area contributed by atoms with Crippen LogP contribution >= 0.6 is 7.37 Å². The van der Waals surface area contributed by atoms with Crippen molar-refractivity contribution in [2.75, 3.05) is 33.8 Å². The van der Waals surface area contributed by atoms with E-state index in [4.69, 9.17) is 9.62 Å². The molecule has 164 valence electrons. The van der Waals surface area contributed by atoms with Gasteiger partial charge in [-0.25, -0.2) is 4.98 Å². The molecule has 0 amide bonds. The van der Waals surface area contributed by atoms with Gasteiger partial charge in [0.15, 0.2) is 5.82 Å². The molecule has 32 heavy (non-hydrogen) atoms. The molecule has 4 heterocycles. The third kappa shape index (κ3) is 3.94. The molecule has 0 fully saturated rings. The van der Waals surface area contributed by atoms with Gasteiger partial charge >= 0.3 is 0 Å². The summed E-state index contributed by atoms with van der Waals surface area (Å²) >= 11 is 0. The van der Waals surface area contributed by atoms with Crippen molar-refractivity contribution in [1.29, 1.82) is 0 Å². The van der Waals surface area contributed by atoms with E-state index in [0.717, 1.165) is 22.2 Å². The van der Waals surface area contributed by atoms with E-state index in [1.807, 2.05) is 47.3 Å². The fraction of sp³-hybridized carbons (Fsp3) is 0.286. The molecule has 0 radical (unpaired) electrons. The summed E-state index contributed by atoms with van der Waals surface area (Å²) in [5.74, 6) is 1.15. The van der Waals surface area contributed by atoms with Crippen molar-refractivity contribution >= 4 is 29.7 Å². The zero-order valence-electron chi connectivity index (χ0n) is 18.1. The first kappa shape index (κ1) is 20.5. The third-order valence-corrected chi connectivity index (χ3v) is 7.08. The number of nitrogens with zero attached hydrogens (tertiary/aromatic N) is 8. The second-order valence-corrected chi connectivity index (χ2v) is 10.6. The SMILES string of the molecule is COP(C)(=O)CN1C=C(c2cnc3nnc(Cc4ccc5ncccc5c4)n3n2)N(C)C1. The van der Waals surface area contributed by atoms with Crippen LogP contribution in [0.25, 0.3) is 22.4 Å². The average molecular weight is 450 g/mol. The van der Waals surface area contributed by atoms with Gasteiger partial charge in [-0.2, -0.15) is 9.61 Å². The van der Waals surface area contributed by atoms with E-state index < -0.39 is 7.37 Å². The first-order valence-corrected chi connectivity index (χ1v) is 12.4. The maximum atomic E-state index is 12.4. The van der Waals surface area contributed by atoms with Gasteiger partial charge in [0, 0.05) is 45.0 Å². The van der Waals surface area contributed by atoms with Crippen molar-refractivity contribution in [1.82, 2.24) is 39.6 Å². The Kier molecular flexibility index (Phi) is 5.11. The van der Waals surface area contributed by atoms with Crippen molar-refractivity contribution in [3.63, 3.8) is 0 Å². The van der Waals surface area contributed by atoms with Crippen LogP contribution < -0.4 is 0 Å². The Morgan fingerprint density at radius 2 is 2.06 bits per heavy atom. The monoisotopic (exact) mass is 450 g/mol. The molecule has 0 aliphatic carbocycles. The highest BCUT2D eigenvalue weighted by molar-refractivity contribution is 7.58. The number of fused-ring (bicyclic) bond motifs is 2. The predicted octanol–water partition coefficient (Wildman–Crippen LogP) is 2.67. The fourth-order valence-electron chi connectivity index (χ4n) is 3.78. The van der Waals surface area contributed by atoms with Crippen molar-refractivity contribution in [3.05, 3.63) is 66.0 Å². The largest absolute Gasteiger partial charge is 0.354 e. The van der Waals surface area contributed by atoms with Gasteiger partial charge in [-0.1, -0.05) is 12.1 Å². The second-order valence-electron chi connectivity index (χ2n) is 7.96. The Morgan fingerprint density at radius 1 is 1.19 bits per heavy atom. The quantitative estimate of drug-likeness (QED) is 0.410. The van der Waals surface area contributed by atoms with E-state index in [0.29, 0.717) is 36.7 Å². The molecule has 0 N–H and O–H groups in total. The first-order chi connectivity index (χ1) is 15.4. The smallest absolute Gasteiger partial charge is 0.271 e. The highest BCUT2D eigenvalue weighted by Gasteiger charge is 2.26. The number of benzene rings is 1. The Morgan fingerprint density at radius 3 is 2.91 bits per heavy atom. The van der Waals surface area contributed by atoms with Gasteiger partial charge in [-0.3, -0.25) is 9.55 Å². The maximum absolute atomic E-state index is 12.4. The number of aromatic nitrogens is 6. The zero-order chi connectivity index (χ0) is 22.3. The van der Waals surface area contributed by atoms with E-state index in [2.05, 4.69) is 26.2 Å². The lowest BCUT2D eigenvalue weighted by molar-refractivity contribution is 0.312. The molecule has 3 aromatic heterocycles. The van der Waals surface area contributed by atoms with E-state index in [9.17, 15) is 4.57 Å². The fourth-order valence-corrected chi connectivity index (χ4v) is 4.73. The van der Waals surface area contributed by atoms with Crippen LogP contribution in [0, 0.1) is 0 Å². The summed E-state index contributed by atoms with van der Waals surface area (Å²) in [6, 6.07) is 10.1. The van der Waals surface area contributed by atoms with Gasteiger partial charge in [0.05, 0.1) is 30.4 Å². The topological polar surface area (TPSA) is 102 Å². The number of pyridine rings is 1. The minimum Gasteiger partial charge on any atom is -0.354 e. The summed E-state index contributed by atoms with van der Waals surface area (Å²) < 4.78 is 19.2. The normalized spacial score (nSPS) is 16.0. The molecule has 0 spiro atoms. The van der Waals surface area contributed by atoms with Crippen LogP contribution in [0.1, 0.15) is 17.1 Å². The lowest BCUT2D eigenvalue weighted by atomic mass is 10.1. The van der Waals surface area contributed by atoms with Gasteiger partial charge in [0.2, 0.25) is 7.37 Å². The molecule has 1 atom stereocenters. The Bertz CT molecular complexity index is 1380. The van der Waals surface area contributed by atoms with Gasteiger partial charge in [-0.05, 0) is 23.8 Å². The predicted molar refractivity (Wildman–Crippen MR) is 121 cm³/mol. The molecular formula is C21H23N8O2P. The number of rotatable bonds is 6. The maximum Gasteiger partial charge on any atom is 0.271 e. The molecule has 4 aromatic rings. The summed E-state index contributed by atoms with van der Waals surface area (Å²) in [6.07, 6.45) is 6.31. The Labute approximate surface area is 185 Å². The van der Waals surface area contributed by atoms with Crippen LogP contribution in [0.4, 0.5) is 0 Å². The van der Waals surface area contributed by atoms with Crippen molar-refractivity contribution in [2.45, 2.75) is 6.42 Å². The van der Waals surface area contributed by atoms with Crippen LogP contribution in [0.15, 0.2) is 48.9 Å². The van der Waals surface area contributed by atoms with E-state index in [1.54, 1.807) is 23.6 Å². The highest BCUT2D eigenvalue weighted by atomic mass is 31.2. The standard InChI is InChI=1S/C21H23N8O2P/c1-27-13-28(14-32(3,30)31-2)12-19(27)18-11-23-21-25-24-20(29(21)26-18)10-15-6-7-17-16(9-15)5-4-8-22-17/h4-9,11-12H,10,13-14H2,1-3H3. The molecule has 0 saturated carbocycles. The summed E-state index contributed by atoms with van der Waals surface area (Å²) in [7, 11) is 0.764. The molecular weight excluding hydrogens is 427 g/mol. The zero-order valence-corrected chi connectivity index (χ0v) is 19.0. The molecule has 0 bridgehead atoms. The van der Waals surface area contributed by atoms with Crippen LogP contribution in [-0.4, -0.2) is 73.4 Å². The first-order valence-electron chi connectivity index (χ1n) is 10.1. The minimum atomic E-state index is -2.67. The number of hydrogen-bond acceptors (Lipinski definition) is 9. The van der Waals surface area contributed by atoms with Gasteiger partial charge < -0.3 is 14.3 Å². The molecule has 11 heteroatoms. The minimum absolute atomic E-state index is 0.335. The summed E-state index contributed by atoms with van der Waals surface area (Å²) in [5, 5.41) is 14.3. The summed E-state index contributed by atoms with van der Waals surface area (Å²) in [5.41, 5.74) is 3.62. The molecule has 1 aliphatic heterocycles. The highest BCUT2D eigenvalue weighted by Crippen LogP contribution is 2.43. The Hall–Kier alpha value is -3.36. The van der Waals surface area contributed by atoms with Crippen molar-refractivity contribution < 1.29 is 9.09 Å². The lowest BCUT2D eigenvalue weighted by Crippen LogP contribution is -2.24. The van der Waals surface area contributed by atoms with Crippen LogP contribution in [0.2, 0.25) is 0 Å². The molecule has 5 rings (SSSR count). The molecule has 1 aromatic carbocycles. The summed E-state index contributed by atoms with van der Waals surface area (Å²) in [6.45, 7) is 2.23. The van der Waals surface area contributed by atoms with E-state index >= 15 is 0 Å². The van der Waals surface area contributed by atoms with Crippen molar-refractivity contribution in [3.8, 4) is 0 Å². The van der Waals surface area contributed by atoms with Gasteiger partial charge in [-0.15, -0.1) is 10.2 Å². The van der Waals surface area contributed by atoms with Gasteiger partial charge in [0.1, 0.15) is 5.69 Å². The van der Waals surface area contributed by atoms with Crippen LogP contribution in [0.3, 0.4) is 0 Å². The lowest BCUT2D eigenvalue weighted by Gasteiger charge is -2.21. The third-order valence-electron chi connectivity index (χ3n) is 5.43. The second kappa shape index (κ2) is 7.96. The van der Waals surface area contributed by atoms with Gasteiger partial charge in [0.25, 0.3) is 5.78 Å². The van der Waals surface area contributed by atoms with E-state index in [1.165, 1.54) is 7.11 Å². The number of hydrogen-bond donors (Lipinski definition) is 0. The molecule has 10 nitrogen and oxygen atoms in total. The molecule has 0 saturated heterocycles. The summed E-state index contributed by atoms with van der Waals surface area (Å²) in [4.78, 5) is 12.8. The van der Waals surface area contributed by atoms with E-state index in [-0.39, 0.29) is 0 Å². The average Bonchev–Trinajstić information content (AvgIpc) is 3.35. The Balaban J connectivity index is 1.45. The van der Waals surface area contributed by atoms with Crippen LogP contribution in [0.5, 0.6) is 0 Å².